The van der Waals surface area contributed by atoms with Crippen LogP contribution in [-0.2, 0) is 9.59 Å². The highest BCUT2D eigenvalue weighted by Gasteiger charge is 2.08. The monoisotopic (exact) mass is 872 g/mol. The summed E-state index contributed by atoms with van der Waals surface area (Å²) in [4.78, 5) is 24.5. The van der Waals surface area contributed by atoms with Gasteiger partial charge in [-0.2, -0.15) is 0 Å². The SMILES string of the molecule is CCCCCCCC/C=C\CCCCCCCCCCCC(=O)CCCCCCCCCCCCCCCC(=O)NCC(O)CCCCCCCCCCCCCCCCCC. The summed E-state index contributed by atoms with van der Waals surface area (Å²) in [7, 11) is 0. The zero-order valence-electron chi connectivity index (χ0n) is 42.6. The number of aliphatic hydroxyl groups is 1. The first-order chi connectivity index (χ1) is 30.6. The Morgan fingerprint density at radius 1 is 0.355 bits per heavy atom. The second-order valence-corrected chi connectivity index (χ2v) is 19.9. The molecule has 368 valence electrons. The number of Topliss-reactive ketones (excluding diaryl/α,β-unsaturated/α-hetero) is 1. The first-order valence-electron chi connectivity index (χ1n) is 28.7. The topological polar surface area (TPSA) is 66.4 Å². The van der Waals surface area contributed by atoms with Gasteiger partial charge in [0.15, 0.2) is 0 Å². The molecule has 0 radical (unpaired) electrons. The predicted octanol–water partition coefficient (Wildman–Crippen LogP) is 19.1. The number of unbranched alkanes of at least 4 members (excludes halogenated alkanes) is 42. The molecule has 2 N–H and O–H groups in total. The van der Waals surface area contributed by atoms with E-state index in [-0.39, 0.29) is 5.91 Å². The molecule has 0 bridgehead atoms. The van der Waals surface area contributed by atoms with Crippen LogP contribution in [0.5, 0.6) is 0 Å². The molecule has 0 saturated heterocycles. The summed E-state index contributed by atoms with van der Waals surface area (Å²) in [6.45, 7) is 4.99. The van der Waals surface area contributed by atoms with Crippen molar-refractivity contribution in [1.82, 2.24) is 5.32 Å². The standard InChI is InChI=1S/C58H113NO3/c1-3-5-7-9-11-13-15-17-19-21-22-23-25-27-31-35-39-43-47-51-56(60)52-48-44-40-36-32-29-26-30-34-38-42-46-50-54-58(62)59-55-57(61)53-49-45-41-37-33-28-24-20-18-16-14-12-10-8-6-4-2/h17,19,57,61H,3-16,18,20-55H2,1-2H3,(H,59,62)/b19-17-. The maximum absolute atomic E-state index is 12.3. The van der Waals surface area contributed by atoms with E-state index in [4.69, 9.17) is 0 Å². The number of nitrogens with one attached hydrogen (secondary N) is 1. The van der Waals surface area contributed by atoms with Gasteiger partial charge in [-0.3, -0.25) is 9.59 Å². The molecular weight excluding hydrogens is 759 g/mol. The van der Waals surface area contributed by atoms with Crippen molar-refractivity contribution in [3.05, 3.63) is 12.2 Å². The minimum atomic E-state index is -0.400. The zero-order valence-corrected chi connectivity index (χ0v) is 42.6. The van der Waals surface area contributed by atoms with Crippen LogP contribution in [-0.4, -0.2) is 29.4 Å². The lowest BCUT2D eigenvalue weighted by Crippen LogP contribution is -2.31. The van der Waals surface area contributed by atoms with Crippen LogP contribution in [0.25, 0.3) is 0 Å². The van der Waals surface area contributed by atoms with Crippen molar-refractivity contribution in [3.8, 4) is 0 Å². The van der Waals surface area contributed by atoms with Crippen LogP contribution in [0.3, 0.4) is 0 Å². The van der Waals surface area contributed by atoms with Gasteiger partial charge in [0.25, 0.3) is 0 Å². The van der Waals surface area contributed by atoms with E-state index in [2.05, 4.69) is 31.3 Å². The quantitative estimate of drug-likeness (QED) is 0.0473. The predicted molar refractivity (Wildman–Crippen MR) is 275 cm³/mol. The van der Waals surface area contributed by atoms with Crippen LogP contribution in [0.4, 0.5) is 0 Å². The molecule has 0 heterocycles. The average molecular weight is 873 g/mol. The van der Waals surface area contributed by atoms with Crippen LogP contribution >= 0.6 is 0 Å². The van der Waals surface area contributed by atoms with E-state index in [1.54, 1.807) is 0 Å². The van der Waals surface area contributed by atoms with Crippen LogP contribution < -0.4 is 5.32 Å². The summed E-state index contributed by atoms with van der Waals surface area (Å²) in [6.07, 6.45) is 68.3. The Hall–Kier alpha value is -1.16. The lowest BCUT2D eigenvalue weighted by Gasteiger charge is -2.12. The molecule has 0 aromatic carbocycles. The fourth-order valence-electron chi connectivity index (χ4n) is 9.13. The highest BCUT2D eigenvalue weighted by Crippen LogP contribution is 2.17. The summed E-state index contributed by atoms with van der Waals surface area (Å²) in [5.74, 6) is 0.604. The number of ketones is 1. The van der Waals surface area contributed by atoms with Crippen LogP contribution in [0.2, 0.25) is 0 Å². The lowest BCUT2D eigenvalue weighted by atomic mass is 10.0. The van der Waals surface area contributed by atoms with E-state index in [0.29, 0.717) is 18.7 Å². The molecule has 62 heavy (non-hydrogen) atoms. The largest absolute Gasteiger partial charge is 0.391 e. The van der Waals surface area contributed by atoms with Gasteiger partial charge in [-0.15, -0.1) is 0 Å². The van der Waals surface area contributed by atoms with Crippen molar-refractivity contribution in [2.24, 2.45) is 0 Å². The molecule has 4 nitrogen and oxygen atoms in total. The molecule has 0 rings (SSSR count). The number of rotatable bonds is 54. The van der Waals surface area contributed by atoms with Crippen LogP contribution in [0.1, 0.15) is 335 Å². The lowest BCUT2D eigenvalue weighted by molar-refractivity contribution is -0.121. The van der Waals surface area contributed by atoms with Crippen molar-refractivity contribution >= 4 is 11.7 Å². The first kappa shape index (κ1) is 60.8. The molecule has 0 aliphatic heterocycles. The van der Waals surface area contributed by atoms with Gasteiger partial charge in [0, 0.05) is 25.8 Å². The van der Waals surface area contributed by atoms with Gasteiger partial charge < -0.3 is 10.4 Å². The van der Waals surface area contributed by atoms with E-state index in [1.807, 2.05) is 0 Å². The molecule has 0 spiro atoms. The Morgan fingerprint density at radius 3 is 0.935 bits per heavy atom. The molecule has 0 fully saturated rings. The van der Waals surface area contributed by atoms with E-state index in [1.165, 1.54) is 263 Å². The van der Waals surface area contributed by atoms with E-state index >= 15 is 0 Å². The Labute approximate surface area is 390 Å². The van der Waals surface area contributed by atoms with Crippen LogP contribution in [0.15, 0.2) is 12.2 Å². The Bertz CT molecular complexity index is 901. The molecule has 1 atom stereocenters. The van der Waals surface area contributed by atoms with Gasteiger partial charge in [-0.1, -0.05) is 276 Å². The summed E-state index contributed by atoms with van der Waals surface area (Å²) < 4.78 is 0. The zero-order chi connectivity index (χ0) is 44.9. The second-order valence-electron chi connectivity index (χ2n) is 19.9. The Morgan fingerprint density at radius 2 is 0.613 bits per heavy atom. The Kier molecular flexibility index (Phi) is 53.2. The van der Waals surface area contributed by atoms with E-state index < -0.39 is 6.10 Å². The fraction of sp³-hybridized carbons (Fsp3) is 0.931. The molecule has 1 amide bonds. The summed E-state index contributed by atoms with van der Waals surface area (Å²) >= 11 is 0. The third kappa shape index (κ3) is 53.2. The Balaban J connectivity index is 3.29. The smallest absolute Gasteiger partial charge is 0.220 e. The molecule has 0 aliphatic carbocycles. The number of aliphatic hydroxyl groups excluding tert-OH is 1. The molecule has 0 aliphatic rings. The highest BCUT2D eigenvalue weighted by molar-refractivity contribution is 5.78. The minimum Gasteiger partial charge on any atom is -0.391 e. The van der Waals surface area contributed by atoms with E-state index in [9.17, 15) is 14.7 Å². The summed E-state index contributed by atoms with van der Waals surface area (Å²) in [5, 5.41) is 13.3. The third-order valence-electron chi connectivity index (χ3n) is 13.5. The highest BCUT2D eigenvalue weighted by atomic mass is 16.3. The molecule has 0 aromatic rings. The maximum atomic E-state index is 12.3. The number of carbonyl (C=O) groups is 2. The molecule has 4 heteroatoms. The van der Waals surface area contributed by atoms with Crippen molar-refractivity contribution in [2.75, 3.05) is 6.54 Å². The summed E-state index contributed by atoms with van der Waals surface area (Å²) in [5.41, 5.74) is 0. The van der Waals surface area contributed by atoms with Crippen LogP contribution in [0, 0.1) is 0 Å². The fourth-order valence-corrected chi connectivity index (χ4v) is 9.13. The summed E-state index contributed by atoms with van der Waals surface area (Å²) in [6, 6.07) is 0. The first-order valence-corrected chi connectivity index (χ1v) is 28.7. The molecular formula is C58H113NO3. The molecule has 0 saturated carbocycles. The number of hydrogen-bond acceptors (Lipinski definition) is 3. The molecule has 1 unspecified atom stereocenters. The minimum absolute atomic E-state index is 0.104. The number of hydrogen-bond donors (Lipinski definition) is 2. The van der Waals surface area contributed by atoms with Gasteiger partial charge in [0.2, 0.25) is 5.91 Å². The third-order valence-corrected chi connectivity index (χ3v) is 13.5. The van der Waals surface area contributed by atoms with Gasteiger partial charge >= 0.3 is 0 Å². The molecule has 0 aromatic heterocycles. The van der Waals surface area contributed by atoms with Gasteiger partial charge in [-0.25, -0.2) is 0 Å². The van der Waals surface area contributed by atoms with Gasteiger partial charge in [0.1, 0.15) is 5.78 Å². The van der Waals surface area contributed by atoms with Crippen molar-refractivity contribution < 1.29 is 14.7 Å². The maximum Gasteiger partial charge on any atom is 0.220 e. The average Bonchev–Trinajstić information content (AvgIpc) is 3.27. The van der Waals surface area contributed by atoms with Gasteiger partial charge in [0.05, 0.1) is 6.10 Å². The van der Waals surface area contributed by atoms with E-state index in [0.717, 1.165) is 51.4 Å². The van der Waals surface area contributed by atoms with Gasteiger partial charge in [-0.05, 0) is 51.4 Å². The second kappa shape index (κ2) is 54.2. The van der Waals surface area contributed by atoms with Crippen molar-refractivity contribution in [2.45, 2.75) is 341 Å². The number of amides is 1. The number of carbonyl (C=O) groups excluding carboxylic acids is 2. The normalized spacial score (nSPS) is 12.2. The number of allylic oxidation sites excluding steroid dienone is 2. The van der Waals surface area contributed by atoms with Crippen molar-refractivity contribution in [3.63, 3.8) is 0 Å². The van der Waals surface area contributed by atoms with Crippen molar-refractivity contribution in [1.29, 1.82) is 0 Å².